The van der Waals surface area contributed by atoms with E-state index in [2.05, 4.69) is 44.1 Å². The van der Waals surface area contributed by atoms with E-state index in [0.29, 0.717) is 5.92 Å². The van der Waals surface area contributed by atoms with Crippen molar-refractivity contribution in [3.05, 3.63) is 72.3 Å². The smallest absolute Gasteiger partial charge is 0.137 e. The van der Waals surface area contributed by atoms with Crippen molar-refractivity contribution in [1.29, 1.82) is 0 Å². The first-order chi connectivity index (χ1) is 11.9. The molecule has 3 aromatic rings. The van der Waals surface area contributed by atoms with Crippen LogP contribution in [-0.4, -0.2) is 32.9 Å². The molecular weight excluding hydrogens is 296 g/mol. The van der Waals surface area contributed by atoms with Gasteiger partial charge in [-0.3, -0.25) is 9.88 Å². The van der Waals surface area contributed by atoms with Gasteiger partial charge in [-0.25, -0.2) is 4.98 Å². The average molecular weight is 318 g/mol. The van der Waals surface area contributed by atoms with E-state index in [0.717, 1.165) is 31.0 Å². The maximum Gasteiger partial charge on any atom is 0.137 e. The van der Waals surface area contributed by atoms with Gasteiger partial charge in [-0.2, -0.15) is 0 Å². The second kappa shape index (κ2) is 6.97. The number of hydrogen-bond donors (Lipinski definition) is 1. The van der Waals surface area contributed by atoms with Crippen LogP contribution < -0.4 is 0 Å². The van der Waals surface area contributed by atoms with Crippen molar-refractivity contribution < 1.29 is 0 Å². The summed E-state index contributed by atoms with van der Waals surface area (Å²) in [4.78, 5) is 15.0. The predicted molar refractivity (Wildman–Crippen MR) is 95.5 cm³/mol. The molecule has 0 radical (unpaired) electrons. The number of nitrogens with zero attached hydrogens (tertiary/aromatic N) is 3. The molecule has 0 saturated carbocycles. The number of aromatic amines is 1. The summed E-state index contributed by atoms with van der Waals surface area (Å²) in [6.45, 7) is 3.16. The third-order valence-corrected chi connectivity index (χ3v) is 4.76. The number of nitrogens with one attached hydrogen (secondary N) is 1. The fourth-order valence-electron chi connectivity index (χ4n) is 3.43. The summed E-state index contributed by atoms with van der Waals surface area (Å²) >= 11 is 0. The Morgan fingerprint density at radius 3 is 2.50 bits per heavy atom. The minimum atomic E-state index is 0.601. The maximum absolute atomic E-state index is 4.52. The van der Waals surface area contributed by atoms with Crippen LogP contribution in [0, 0.1) is 0 Å². The number of rotatable bonds is 4. The van der Waals surface area contributed by atoms with E-state index >= 15 is 0 Å². The van der Waals surface area contributed by atoms with Crippen molar-refractivity contribution in [1.82, 2.24) is 19.9 Å². The largest absolute Gasteiger partial charge is 0.341 e. The summed E-state index contributed by atoms with van der Waals surface area (Å²) in [5.41, 5.74) is 3.56. The standard InChI is InChI=1S/C20H22N4/c1-2-6-17(7-3-1)20-22-14-18(23-20)15-24-12-9-16(10-13-24)19-8-4-5-11-21-19/h1-8,11,14,16H,9-10,12-13,15H2,(H,22,23). The quantitative estimate of drug-likeness (QED) is 0.794. The van der Waals surface area contributed by atoms with Gasteiger partial charge in [-0.1, -0.05) is 36.4 Å². The van der Waals surface area contributed by atoms with Crippen molar-refractivity contribution in [3.8, 4) is 11.4 Å². The number of aromatic nitrogens is 3. The summed E-state index contributed by atoms with van der Waals surface area (Å²) in [6, 6.07) is 16.5. The van der Waals surface area contributed by atoms with Crippen LogP contribution in [0.4, 0.5) is 0 Å². The van der Waals surface area contributed by atoms with E-state index in [-0.39, 0.29) is 0 Å². The van der Waals surface area contributed by atoms with Gasteiger partial charge in [0, 0.05) is 41.8 Å². The van der Waals surface area contributed by atoms with Gasteiger partial charge in [0.15, 0.2) is 0 Å². The van der Waals surface area contributed by atoms with Gasteiger partial charge >= 0.3 is 0 Å². The molecule has 4 heteroatoms. The third kappa shape index (κ3) is 3.39. The number of piperidine rings is 1. The molecule has 122 valence electrons. The van der Waals surface area contributed by atoms with E-state index in [1.807, 2.05) is 36.7 Å². The molecule has 0 spiro atoms. The van der Waals surface area contributed by atoms with Crippen LogP contribution in [0.25, 0.3) is 11.4 Å². The number of benzene rings is 1. The zero-order chi connectivity index (χ0) is 16.2. The zero-order valence-corrected chi connectivity index (χ0v) is 13.7. The van der Waals surface area contributed by atoms with Crippen LogP contribution in [0.2, 0.25) is 0 Å². The minimum absolute atomic E-state index is 0.601. The predicted octanol–water partition coefficient (Wildman–Crippen LogP) is 3.85. The molecule has 0 atom stereocenters. The lowest BCUT2D eigenvalue weighted by molar-refractivity contribution is 0.201. The molecule has 1 fully saturated rings. The third-order valence-electron chi connectivity index (χ3n) is 4.76. The molecule has 0 unspecified atom stereocenters. The Morgan fingerprint density at radius 1 is 0.958 bits per heavy atom. The van der Waals surface area contributed by atoms with Crippen molar-refractivity contribution in [2.45, 2.75) is 25.3 Å². The summed E-state index contributed by atoms with van der Waals surface area (Å²) in [7, 11) is 0. The van der Waals surface area contributed by atoms with Crippen LogP contribution in [0.1, 0.15) is 30.1 Å². The van der Waals surface area contributed by atoms with Gasteiger partial charge in [-0.15, -0.1) is 0 Å². The molecule has 0 aliphatic carbocycles. The number of H-pyrrole nitrogens is 1. The maximum atomic E-state index is 4.52. The molecule has 1 aliphatic heterocycles. The van der Waals surface area contributed by atoms with Crippen molar-refractivity contribution in [2.75, 3.05) is 13.1 Å². The van der Waals surface area contributed by atoms with E-state index in [9.17, 15) is 0 Å². The van der Waals surface area contributed by atoms with E-state index < -0.39 is 0 Å². The van der Waals surface area contributed by atoms with Gasteiger partial charge in [0.2, 0.25) is 0 Å². The molecule has 4 nitrogen and oxygen atoms in total. The molecule has 4 rings (SSSR count). The first-order valence-electron chi connectivity index (χ1n) is 8.61. The van der Waals surface area contributed by atoms with Crippen LogP contribution in [0.5, 0.6) is 0 Å². The first-order valence-corrected chi connectivity index (χ1v) is 8.61. The lowest BCUT2D eigenvalue weighted by atomic mass is 9.93. The number of pyridine rings is 1. The van der Waals surface area contributed by atoms with E-state index in [4.69, 9.17) is 0 Å². The zero-order valence-electron chi connectivity index (χ0n) is 13.7. The highest BCUT2D eigenvalue weighted by Crippen LogP contribution is 2.27. The van der Waals surface area contributed by atoms with Crippen LogP contribution in [0.15, 0.2) is 60.9 Å². The van der Waals surface area contributed by atoms with Gasteiger partial charge in [0.1, 0.15) is 5.82 Å². The first kappa shape index (κ1) is 15.1. The molecule has 1 aliphatic rings. The Bertz CT molecular complexity index is 759. The Labute approximate surface area is 142 Å². The molecule has 1 saturated heterocycles. The highest BCUT2D eigenvalue weighted by atomic mass is 15.1. The fraction of sp³-hybridized carbons (Fsp3) is 0.300. The van der Waals surface area contributed by atoms with E-state index in [1.165, 1.54) is 24.2 Å². The number of imidazole rings is 1. The number of hydrogen-bond acceptors (Lipinski definition) is 3. The summed E-state index contributed by atoms with van der Waals surface area (Å²) < 4.78 is 0. The second-order valence-corrected chi connectivity index (χ2v) is 6.43. The highest BCUT2D eigenvalue weighted by Gasteiger charge is 2.21. The van der Waals surface area contributed by atoms with Crippen LogP contribution >= 0.6 is 0 Å². The lowest BCUT2D eigenvalue weighted by Gasteiger charge is -2.31. The SMILES string of the molecule is c1ccc(-c2ncc(CN3CCC(c4ccccn4)CC3)[nH]2)cc1. The van der Waals surface area contributed by atoms with Crippen molar-refractivity contribution in [3.63, 3.8) is 0 Å². The highest BCUT2D eigenvalue weighted by molar-refractivity contribution is 5.54. The minimum Gasteiger partial charge on any atom is -0.341 e. The topological polar surface area (TPSA) is 44.8 Å². The molecule has 1 N–H and O–H groups in total. The number of likely N-dealkylation sites (tertiary alicyclic amines) is 1. The summed E-state index contributed by atoms with van der Waals surface area (Å²) in [6.07, 6.45) is 6.22. The Balaban J connectivity index is 1.35. The summed E-state index contributed by atoms with van der Waals surface area (Å²) in [5.74, 6) is 1.55. The Morgan fingerprint density at radius 2 is 1.75 bits per heavy atom. The van der Waals surface area contributed by atoms with Crippen LogP contribution in [-0.2, 0) is 6.54 Å². The fourth-order valence-corrected chi connectivity index (χ4v) is 3.43. The molecule has 0 amide bonds. The molecule has 0 bridgehead atoms. The molecule has 1 aromatic carbocycles. The monoisotopic (exact) mass is 318 g/mol. The normalized spacial score (nSPS) is 16.3. The van der Waals surface area contributed by atoms with Gasteiger partial charge in [0.05, 0.1) is 0 Å². The van der Waals surface area contributed by atoms with Gasteiger partial charge in [0.25, 0.3) is 0 Å². The molecule has 2 aromatic heterocycles. The average Bonchev–Trinajstić information content (AvgIpc) is 3.12. The lowest BCUT2D eigenvalue weighted by Crippen LogP contribution is -2.32. The van der Waals surface area contributed by atoms with Crippen molar-refractivity contribution in [2.24, 2.45) is 0 Å². The Hall–Kier alpha value is -2.46. The van der Waals surface area contributed by atoms with Crippen LogP contribution in [0.3, 0.4) is 0 Å². The van der Waals surface area contributed by atoms with Gasteiger partial charge < -0.3 is 4.98 Å². The molecule has 3 heterocycles. The van der Waals surface area contributed by atoms with E-state index in [1.54, 1.807) is 0 Å². The van der Waals surface area contributed by atoms with Crippen molar-refractivity contribution >= 4 is 0 Å². The summed E-state index contributed by atoms with van der Waals surface area (Å²) in [5, 5.41) is 0. The molecule has 24 heavy (non-hydrogen) atoms. The molecular formula is C20H22N4. The second-order valence-electron chi connectivity index (χ2n) is 6.43. The van der Waals surface area contributed by atoms with Gasteiger partial charge in [-0.05, 0) is 38.1 Å². The Kier molecular flexibility index (Phi) is 4.38.